The van der Waals surface area contributed by atoms with E-state index in [1.54, 1.807) is 0 Å². The Bertz CT molecular complexity index is 319. The molecule has 0 unspecified atom stereocenters. The smallest absolute Gasteiger partial charge is 0.130 e. The number of halogens is 2. The van der Waals surface area contributed by atoms with Crippen LogP contribution in [-0.4, -0.2) is 6.54 Å². The first-order chi connectivity index (χ1) is 8.75. The Hall–Kier alpha value is -0.960. The second kappa shape index (κ2) is 9.03. The van der Waals surface area contributed by atoms with Crippen molar-refractivity contribution in [2.75, 3.05) is 6.54 Å². The van der Waals surface area contributed by atoms with Crippen LogP contribution in [0.25, 0.3) is 0 Å². The van der Waals surface area contributed by atoms with Crippen molar-refractivity contribution in [2.45, 2.75) is 52.0 Å². The highest BCUT2D eigenvalue weighted by molar-refractivity contribution is 5.19. The Morgan fingerprint density at radius 2 is 1.56 bits per heavy atom. The van der Waals surface area contributed by atoms with Crippen LogP contribution in [-0.2, 0) is 6.54 Å². The number of unbranched alkanes of at least 4 members (excludes halogenated alkanes) is 5. The summed E-state index contributed by atoms with van der Waals surface area (Å²) in [4.78, 5) is 0. The second-order valence-electron chi connectivity index (χ2n) is 4.64. The molecule has 0 aromatic heterocycles. The fourth-order valence-corrected chi connectivity index (χ4v) is 1.94. The average molecular weight is 255 g/mol. The lowest BCUT2D eigenvalue weighted by atomic mass is 10.1. The summed E-state index contributed by atoms with van der Waals surface area (Å²) in [5.74, 6) is -0.934. The molecule has 1 aromatic rings. The van der Waals surface area contributed by atoms with Crippen LogP contribution < -0.4 is 5.32 Å². The minimum Gasteiger partial charge on any atom is -0.312 e. The molecule has 0 amide bonds. The number of hydrogen-bond acceptors (Lipinski definition) is 1. The predicted octanol–water partition coefficient (Wildman–Crippen LogP) is 4.41. The number of hydrogen-bond donors (Lipinski definition) is 1. The van der Waals surface area contributed by atoms with Gasteiger partial charge in [0.1, 0.15) is 11.6 Å². The van der Waals surface area contributed by atoms with Gasteiger partial charge in [0.2, 0.25) is 0 Å². The third kappa shape index (κ3) is 5.58. The quantitative estimate of drug-likeness (QED) is 0.644. The van der Waals surface area contributed by atoms with E-state index in [-0.39, 0.29) is 12.1 Å². The maximum Gasteiger partial charge on any atom is 0.130 e. The molecule has 0 radical (unpaired) electrons. The fraction of sp³-hybridized carbons (Fsp3) is 0.600. The zero-order valence-electron chi connectivity index (χ0n) is 11.1. The first kappa shape index (κ1) is 15.1. The van der Waals surface area contributed by atoms with Crippen molar-refractivity contribution < 1.29 is 8.78 Å². The van der Waals surface area contributed by atoms with Crippen molar-refractivity contribution in [1.82, 2.24) is 5.32 Å². The third-order valence-corrected chi connectivity index (χ3v) is 3.07. The fourth-order valence-electron chi connectivity index (χ4n) is 1.94. The molecule has 0 saturated carbocycles. The van der Waals surface area contributed by atoms with Gasteiger partial charge < -0.3 is 5.32 Å². The van der Waals surface area contributed by atoms with Gasteiger partial charge in [-0.2, -0.15) is 0 Å². The molecule has 1 aromatic carbocycles. The number of nitrogens with one attached hydrogen (secondary N) is 1. The molecule has 1 nitrogen and oxygen atoms in total. The summed E-state index contributed by atoms with van der Waals surface area (Å²) in [5.41, 5.74) is 0.142. The molecule has 3 heteroatoms. The second-order valence-corrected chi connectivity index (χ2v) is 4.64. The molecule has 0 fully saturated rings. The standard InChI is InChI=1S/C15H23F2N/c1-2-3-4-5-6-7-11-18-12-13-14(16)9-8-10-15(13)17/h8-10,18H,2-7,11-12H2,1H3. The van der Waals surface area contributed by atoms with E-state index >= 15 is 0 Å². The predicted molar refractivity (Wildman–Crippen MR) is 71.4 cm³/mol. The van der Waals surface area contributed by atoms with Gasteiger partial charge in [0.05, 0.1) is 0 Å². The van der Waals surface area contributed by atoms with Crippen molar-refractivity contribution in [2.24, 2.45) is 0 Å². The summed E-state index contributed by atoms with van der Waals surface area (Å²) in [5, 5.41) is 3.09. The Morgan fingerprint density at radius 3 is 2.22 bits per heavy atom. The van der Waals surface area contributed by atoms with Crippen molar-refractivity contribution in [3.8, 4) is 0 Å². The summed E-state index contributed by atoms with van der Waals surface area (Å²) in [6, 6.07) is 3.98. The van der Waals surface area contributed by atoms with Crippen molar-refractivity contribution in [1.29, 1.82) is 0 Å². The van der Waals surface area contributed by atoms with Crippen molar-refractivity contribution in [3.05, 3.63) is 35.4 Å². The lowest BCUT2D eigenvalue weighted by Crippen LogP contribution is -2.16. The summed E-state index contributed by atoms with van der Waals surface area (Å²) in [7, 11) is 0. The number of rotatable bonds is 9. The highest BCUT2D eigenvalue weighted by atomic mass is 19.1. The van der Waals surface area contributed by atoms with Crippen LogP contribution in [0.3, 0.4) is 0 Å². The van der Waals surface area contributed by atoms with Gasteiger partial charge >= 0.3 is 0 Å². The van der Waals surface area contributed by atoms with Gasteiger partial charge in [-0.15, -0.1) is 0 Å². The highest BCUT2D eigenvalue weighted by Gasteiger charge is 2.06. The van der Waals surface area contributed by atoms with Gasteiger partial charge in [0, 0.05) is 12.1 Å². The molecule has 0 atom stereocenters. The van der Waals surface area contributed by atoms with E-state index in [4.69, 9.17) is 0 Å². The van der Waals surface area contributed by atoms with E-state index in [1.165, 1.54) is 50.3 Å². The molecule has 102 valence electrons. The lowest BCUT2D eigenvalue weighted by Gasteiger charge is -2.07. The SMILES string of the molecule is CCCCCCCCNCc1c(F)cccc1F. The Morgan fingerprint density at radius 1 is 0.944 bits per heavy atom. The Kier molecular flexibility index (Phi) is 7.58. The van der Waals surface area contributed by atoms with Crippen molar-refractivity contribution in [3.63, 3.8) is 0 Å². The highest BCUT2D eigenvalue weighted by Crippen LogP contribution is 2.11. The van der Waals surface area contributed by atoms with Gasteiger partial charge in [-0.05, 0) is 25.1 Å². The first-order valence-electron chi connectivity index (χ1n) is 6.89. The Labute approximate surface area is 109 Å². The zero-order valence-corrected chi connectivity index (χ0v) is 11.1. The van der Waals surface area contributed by atoms with E-state index in [9.17, 15) is 8.78 Å². The summed E-state index contributed by atoms with van der Waals surface area (Å²) in [6.45, 7) is 3.29. The van der Waals surface area contributed by atoms with Crippen LogP contribution in [0, 0.1) is 11.6 Å². The minimum absolute atomic E-state index is 0.142. The molecule has 18 heavy (non-hydrogen) atoms. The average Bonchev–Trinajstić information content (AvgIpc) is 2.35. The minimum atomic E-state index is -0.467. The Balaban J connectivity index is 2.11. The van der Waals surface area contributed by atoms with Gasteiger partial charge in [0.15, 0.2) is 0 Å². The summed E-state index contributed by atoms with van der Waals surface area (Å²) < 4.78 is 26.6. The van der Waals surface area contributed by atoms with Gasteiger partial charge in [-0.1, -0.05) is 45.1 Å². The van der Waals surface area contributed by atoms with Crippen LogP contribution in [0.5, 0.6) is 0 Å². The zero-order chi connectivity index (χ0) is 13.2. The maximum atomic E-state index is 13.3. The molecule has 0 spiro atoms. The van der Waals surface area contributed by atoms with Crippen LogP contribution in [0.2, 0.25) is 0 Å². The van der Waals surface area contributed by atoms with Gasteiger partial charge in [-0.3, -0.25) is 0 Å². The molecule has 0 bridgehead atoms. The summed E-state index contributed by atoms with van der Waals surface area (Å²) in [6.07, 6.45) is 7.35. The van der Waals surface area contributed by atoms with Crippen molar-refractivity contribution >= 4 is 0 Å². The van der Waals surface area contributed by atoms with E-state index in [2.05, 4.69) is 12.2 Å². The topological polar surface area (TPSA) is 12.0 Å². The lowest BCUT2D eigenvalue weighted by molar-refractivity contribution is 0.523. The van der Waals surface area contributed by atoms with Crippen LogP contribution in [0.4, 0.5) is 8.78 Å². The van der Waals surface area contributed by atoms with Crippen LogP contribution >= 0.6 is 0 Å². The maximum absolute atomic E-state index is 13.3. The molecular formula is C15H23F2N. The summed E-state index contributed by atoms with van der Waals surface area (Å²) >= 11 is 0. The molecule has 0 saturated heterocycles. The van der Waals surface area contributed by atoms with Gasteiger partial charge in [-0.25, -0.2) is 8.78 Å². The molecule has 1 rings (SSSR count). The number of benzene rings is 1. The van der Waals surface area contributed by atoms with E-state index in [0.717, 1.165) is 13.0 Å². The van der Waals surface area contributed by atoms with E-state index in [1.807, 2.05) is 0 Å². The van der Waals surface area contributed by atoms with E-state index in [0.29, 0.717) is 0 Å². The van der Waals surface area contributed by atoms with Crippen LogP contribution in [0.15, 0.2) is 18.2 Å². The van der Waals surface area contributed by atoms with Crippen LogP contribution in [0.1, 0.15) is 51.0 Å². The normalized spacial score (nSPS) is 10.8. The molecule has 0 aliphatic heterocycles. The third-order valence-electron chi connectivity index (χ3n) is 3.07. The first-order valence-corrected chi connectivity index (χ1v) is 6.89. The molecule has 0 aliphatic rings. The van der Waals surface area contributed by atoms with E-state index < -0.39 is 11.6 Å². The molecule has 1 N–H and O–H groups in total. The monoisotopic (exact) mass is 255 g/mol. The molecule has 0 heterocycles. The largest absolute Gasteiger partial charge is 0.312 e. The molecule has 0 aliphatic carbocycles. The molecular weight excluding hydrogens is 232 g/mol. The van der Waals surface area contributed by atoms with Gasteiger partial charge in [0.25, 0.3) is 0 Å².